The molecule has 0 amide bonds. The Morgan fingerprint density at radius 2 is 2.08 bits per heavy atom. The van der Waals surface area contributed by atoms with Crippen LogP contribution in [-0.4, -0.2) is 32.7 Å². The first-order valence-electron chi connectivity index (χ1n) is 3.60. The standard InChI is InChI=1S/C7H14O4P/c1-6(7(8)11-3)4-12(9)5-10-2/h6H,4-5H2,1-3H3/q+1. The van der Waals surface area contributed by atoms with Crippen LogP contribution in [0.4, 0.5) is 0 Å². The van der Waals surface area contributed by atoms with Crippen molar-refractivity contribution in [3.05, 3.63) is 0 Å². The Morgan fingerprint density at radius 3 is 2.50 bits per heavy atom. The molecule has 70 valence electrons. The van der Waals surface area contributed by atoms with Crippen LogP contribution >= 0.6 is 7.80 Å². The fraction of sp³-hybridized carbons (Fsp3) is 0.857. The second-order valence-corrected chi connectivity index (χ2v) is 4.09. The maximum Gasteiger partial charge on any atom is 0.367 e. The van der Waals surface area contributed by atoms with Crippen LogP contribution in [-0.2, 0) is 18.8 Å². The number of methoxy groups -OCH3 is 2. The minimum absolute atomic E-state index is 0.205. The van der Waals surface area contributed by atoms with Gasteiger partial charge in [0, 0.05) is 7.11 Å². The highest BCUT2D eigenvalue weighted by atomic mass is 31.1. The van der Waals surface area contributed by atoms with Crippen molar-refractivity contribution in [2.45, 2.75) is 6.92 Å². The van der Waals surface area contributed by atoms with Gasteiger partial charge < -0.3 is 9.47 Å². The van der Waals surface area contributed by atoms with Gasteiger partial charge in [-0.3, -0.25) is 4.79 Å². The van der Waals surface area contributed by atoms with E-state index in [0.29, 0.717) is 6.16 Å². The molecule has 2 atom stereocenters. The fourth-order valence-corrected chi connectivity index (χ4v) is 1.93. The lowest BCUT2D eigenvalue weighted by Gasteiger charge is -2.01. The van der Waals surface area contributed by atoms with Crippen LogP contribution in [0.15, 0.2) is 0 Å². The number of ether oxygens (including phenoxy) is 2. The Labute approximate surface area is 73.0 Å². The molecule has 0 N–H and O–H groups in total. The third kappa shape index (κ3) is 4.42. The average Bonchev–Trinajstić information content (AvgIpc) is 2.03. The van der Waals surface area contributed by atoms with Crippen LogP contribution < -0.4 is 0 Å². The molecule has 4 nitrogen and oxygen atoms in total. The molecule has 0 aliphatic heterocycles. The minimum atomic E-state index is -1.43. The number of hydrogen-bond acceptors (Lipinski definition) is 4. The van der Waals surface area contributed by atoms with Crippen molar-refractivity contribution < 1.29 is 18.8 Å². The summed E-state index contributed by atoms with van der Waals surface area (Å²) < 4.78 is 20.3. The summed E-state index contributed by atoms with van der Waals surface area (Å²) in [5.74, 6) is -0.636. The lowest BCUT2D eigenvalue weighted by Crippen LogP contribution is -2.15. The number of carbonyl (C=O) groups is 1. The van der Waals surface area contributed by atoms with Gasteiger partial charge in [-0.1, -0.05) is 4.57 Å². The van der Waals surface area contributed by atoms with E-state index < -0.39 is 7.80 Å². The van der Waals surface area contributed by atoms with Crippen molar-refractivity contribution in [1.82, 2.24) is 0 Å². The van der Waals surface area contributed by atoms with E-state index in [4.69, 9.17) is 0 Å². The second kappa shape index (κ2) is 6.09. The monoisotopic (exact) mass is 193 g/mol. The van der Waals surface area contributed by atoms with E-state index in [2.05, 4.69) is 9.47 Å². The van der Waals surface area contributed by atoms with Gasteiger partial charge in [0.15, 0.2) is 6.16 Å². The van der Waals surface area contributed by atoms with Gasteiger partial charge in [-0.2, -0.15) is 0 Å². The molecule has 0 aromatic carbocycles. The topological polar surface area (TPSA) is 52.6 Å². The van der Waals surface area contributed by atoms with E-state index in [-0.39, 0.29) is 18.2 Å². The van der Waals surface area contributed by atoms with Gasteiger partial charge in [-0.15, -0.1) is 0 Å². The molecular weight excluding hydrogens is 179 g/mol. The predicted molar refractivity (Wildman–Crippen MR) is 45.5 cm³/mol. The fourth-order valence-electron chi connectivity index (χ4n) is 0.778. The van der Waals surface area contributed by atoms with Crippen LogP contribution in [0.2, 0.25) is 0 Å². The number of esters is 1. The quantitative estimate of drug-likeness (QED) is 0.486. The smallest absolute Gasteiger partial charge is 0.367 e. The molecule has 0 rings (SSSR count). The highest BCUT2D eigenvalue weighted by Crippen LogP contribution is 2.23. The summed E-state index contributed by atoms with van der Waals surface area (Å²) in [6.45, 7) is 1.69. The molecule has 0 aliphatic carbocycles. The maximum absolute atomic E-state index is 11.1. The van der Waals surface area contributed by atoms with Crippen LogP contribution in [0.25, 0.3) is 0 Å². The second-order valence-electron chi connectivity index (χ2n) is 2.51. The average molecular weight is 193 g/mol. The van der Waals surface area contributed by atoms with Crippen molar-refractivity contribution in [2.75, 3.05) is 26.7 Å². The van der Waals surface area contributed by atoms with E-state index in [1.807, 2.05) is 0 Å². The molecular formula is C7H14O4P+. The largest absolute Gasteiger partial charge is 0.469 e. The molecule has 0 radical (unpaired) electrons. The molecule has 0 saturated carbocycles. The Balaban J connectivity index is 3.75. The molecule has 0 saturated heterocycles. The predicted octanol–water partition coefficient (Wildman–Crippen LogP) is 1.23. The van der Waals surface area contributed by atoms with Crippen molar-refractivity contribution >= 4 is 13.8 Å². The van der Waals surface area contributed by atoms with Gasteiger partial charge >= 0.3 is 13.8 Å². The number of hydrogen-bond donors (Lipinski definition) is 0. The van der Waals surface area contributed by atoms with Crippen LogP contribution in [0, 0.1) is 5.92 Å². The van der Waals surface area contributed by atoms with E-state index in [0.717, 1.165) is 0 Å². The Hall–Kier alpha value is -0.470. The molecule has 12 heavy (non-hydrogen) atoms. The van der Waals surface area contributed by atoms with Crippen LogP contribution in [0.1, 0.15) is 6.92 Å². The molecule has 0 fully saturated rings. The van der Waals surface area contributed by atoms with Gasteiger partial charge in [-0.25, -0.2) is 0 Å². The summed E-state index contributed by atoms with van der Waals surface area (Å²) in [6.07, 6.45) is 0.534. The van der Waals surface area contributed by atoms with Crippen molar-refractivity contribution in [3.8, 4) is 0 Å². The highest BCUT2D eigenvalue weighted by Gasteiger charge is 2.25. The molecule has 0 heterocycles. The molecule has 2 unspecified atom stereocenters. The summed E-state index contributed by atoms with van der Waals surface area (Å²) in [5, 5.41) is 0. The first kappa shape index (κ1) is 11.5. The Bertz CT molecular complexity index is 169. The molecule has 5 heteroatoms. The van der Waals surface area contributed by atoms with Crippen molar-refractivity contribution in [3.63, 3.8) is 0 Å². The lowest BCUT2D eigenvalue weighted by molar-refractivity contribution is -0.144. The Morgan fingerprint density at radius 1 is 1.50 bits per heavy atom. The zero-order valence-corrected chi connectivity index (χ0v) is 8.47. The molecule has 0 aliphatic rings. The summed E-state index contributed by atoms with van der Waals surface area (Å²) in [5.41, 5.74) is 0. The molecule has 0 spiro atoms. The molecule has 0 aromatic rings. The maximum atomic E-state index is 11.1. The number of carbonyl (C=O) groups excluding carboxylic acids is 1. The summed E-state index contributed by atoms with van der Waals surface area (Å²) >= 11 is 0. The third-order valence-electron chi connectivity index (χ3n) is 1.35. The van der Waals surface area contributed by atoms with E-state index in [9.17, 15) is 9.36 Å². The van der Waals surface area contributed by atoms with E-state index in [1.165, 1.54) is 14.2 Å². The van der Waals surface area contributed by atoms with Crippen LogP contribution in [0.3, 0.4) is 0 Å². The van der Waals surface area contributed by atoms with Gasteiger partial charge in [0.25, 0.3) is 0 Å². The van der Waals surface area contributed by atoms with Gasteiger partial charge in [0.1, 0.15) is 0 Å². The highest BCUT2D eigenvalue weighted by molar-refractivity contribution is 7.44. The van der Waals surface area contributed by atoms with Gasteiger partial charge in [-0.05, 0) is 6.92 Å². The first-order chi connectivity index (χ1) is 5.61. The number of rotatable bonds is 5. The molecule has 0 bridgehead atoms. The minimum Gasteiger partial charge on any atom is -0.469 e. The summed E-state index contributed by atoms with van der Waals surface area (Å²) in [4.78, 5) is 10.9. The Kier molecular flexibility index (Phi) is 5.85. The SMILES string of the molecule is COC[P+](=O)CC(C)C(=O)OC. The van der Waals surface area contributed by atoms with E-state index in [1.54, 1.807) is 6.92 Å². The first-order valence-corrected chi connectivity index (χ1v) is 5.23. The normalized spacial score (nSPS) is 13.8. The van der Waals surface area contributed by atoms with Crippen molar-refractivity contribution in [2.24, 2.45) is 5.92 Å². The van der Waals surface area contributed by atoms with E-state index >= 15 is 0 Å². The van der Waals surface area contributed by atoms with Gasteiger partial charge in [0.05, 0.1) is 13.0 Å². The third-order valence-corrected chi connectivity index (χ3v) is 2.86. The zero-order chi connectivity index (χ0) is 9.56. The summed E-state index contributed by atoms with van der Waals surface area (Å²) in [6, 6.07) is 0. The van der Waals surface area contributed by atoms with Gasteiger partial charge in [0.2, 0.25) is 6.35 Å². The van der Waals surface area contributed by atoms with Crippen molar-refractivity contribution in [1.29, 1.82) is 0 Å². The lowest BCUT2D eigenvalue weighted by atomic mass is 10.2. The summed E-state index contributed by atoms with van der Waals surface area (Å²) in [7, 11) is 1.37. The van der Waals surface area contributed by atoms with Crippen LogP contribution in [0.5, 0.6) is 0 Å². The molecule has 0 aromatic heterocycles. The zero-order valence-electron chi connectivity index (χ0n) is 7.57.